The molecule has 15 heavy (non-hydrogen) atoms. The average molecular weight is 205 g/mol. The van der Waals surface area contributed by atoms with Gasteiger partial charge in [-0.05, 0) is 18.9 Å². The van der Waals surface area contributed by atoms with Gasteiger partial charge in [-0.25, -0.2) is 0 Å². The highest BCUT2D eigenvalue weighted by Crippen LogP contribution is 2.05. The molecule has 0 aliphatic carbocycles. The van der Waals surface area contributed by atoms with E-state index in [9.17, 15) is 4.79 Å². The molecule has 1 amide bonds. The van der Waals surface area contributed by atoms with Crippen LogP contribution in [0.25, 0.3) is 0 Å². The summed E-state index contributed by atoms with van der Waals surface area (Å²) >= 11 is 0. The van der Waals surface area contributed by atoms with E-state index in [0.717, 1.165) is 12.0 Å². The van der Waals surface area contributed by atoms with Crippen molar-refractivity contribution >= 4 is 5.91 Å². The summed E-state index contributed by atoms with van der Waals surface area (Å²) in [5.74, 6) is 0.244. The van der Waals surface area contributed by atoms with Gasteiger partial charge in [0.25, 0.3) is 0 Å². The zero-order valence-electron chi connectivity index (χ0n) is 9.71. The predicted molar refractivity (Wildman–Crippen MR) is 62.5 cm³/mol. The second-order valence-corrected chi connectivity index (χ2v) is 4.02. The molecule has 1 atom stereocenters. The Morgan fingerprint density at radius 3 is 2.80 bits per heavy atom. The van der Waals surface area contributed by atoms with Crippen molar-refractivity contribution in [3.63, 3.8) is 0 Å². The van der Waals surface area contributed by atoms with Crippen LogP contribution in [-0.4, -0.2) is 5.91 Å². The van der Waals surface area contributed by atoms with Crippen molar-refractivity contribution in [2.75, 3.05) is 0 Å². The van der Waals surface area contributed by atoms with Crippen molar-refractivity contribution in [3.05, 3.63) is 35.4 Å². The highest BCUT2D eigenvalue weighted by Gasteiger charge is 2.09. The molecule has 1 N–H and O–H groups in total. The van der Waals surface area contributed by atoms with Crippen molar-refractivity contribution in [1.82, 2.24) is 5.32 Å². The molecule has 0 spiro atoms. The Hall–Kier alpha value is -1.31. The Bertz CT molecular complexity index is 333. The standard InChI is InChI=1S/C13H19NO/c1-4-11(3)13(15)14-9-12-7-5-6-10(2)8-12/h5-8,11H,4,9H2,1-3H3,(H,14,15). The number of nitrogens with one attached hydrogen (secondary N) is 1. The van der Waals surface area contributed by atoms with Gasteiger partial charge in [0, 0.05) is 12.5 Å². The maximum atomic E-state index is 11.5. The van der Waals surface area contributed by atoms with Crippen LogP contribution in [0.5, 0.6) is 0 Å². The molecular formula is C13H19NO. The molecule has 82 valence electrons. The zero-order chi connectivity index (χ0) is 11.3. The van der Waals surface area contributed by atoms with E-state index in [4.69, 9.17) is 0 Å². The third kappa shape index (κ3) is 3.74. The first-order valence-corrected chi connectivity index (χ1v) is 5.46. The van der Waals surface area contributed by atoms with Gasteiger partial charge in [0.15, 0.2) is 0 Å². The van der Waals surface area contributed by atoms with E-state index in [0.29, 0.717) is 6.54 Å². The molecule has 1 unspecified atom stereocenters. The molecule has 0 aliphatic heterocycles. The lowest BCUT2D eigenvalue weighted by Gasteiger charge is -2.10. The van der Waals surface area contributed by atoms with Crippen molar-refractivity contribution in [2.24, 2.45) is 5.92 Å². The van der Waals surface area contributed by atoms with Crippen LogP contribution in [0.1, 0.15) is 31.4 Å². The molecular weight excluding hydrogens is 186 g/mol. The SMILES string of the molecule is CCC(C)C(=O)NCc1cccc(C)c1. The third-order valence-corrected chi connectivity index (χ3v) is 2.61. The van der Waals surface area contributed by atoms with Crippen molar-refractivity contribution < 1.29 is 4.79 Å². The molecule has 1 rings (SSSR count). The van der Waals surface area contributed by atoms with E-state index in [2.05, 4.69) is 24.4 Å². The largest absolute Gasteiger partial charge is 0.352 e. The van der Waals surface area contributed by atoms with Crippen molar-refractivity contribution in [2.45, 2.75) is 33.7 Å². The van der Waals surface area contributed by atoms with Crippen LogP contribution in [0.4, 0.5) is 0 Å². The Kier molecular flexibility index (Phi) is 4.35. The van der Waals surface area contributed by atoms with E-state index in [1.807, 2.05) is 26.0 Å². The van der Waals surface area contributed by atoms with Gasteiger partial charge in [-0.3, -0.25) is 4.79 Å². The zero-order valence-corrected chi connectivity index (χ0v) is 9.71. The van der Waals surface area contributed by atoms with Crippen LogP contribution in [0.3, 0.4) is 0 Å². The van der Waals surface area contributed by atoms with Gasteiger partial charge >= 0.3 is 0 Å². The monoisotopic (exact) mass is 205 g/mol. The summed E-state index contributed by atoms with van der Waals surface area (Å²) in [4.78, 5) is 11.5. The fourth-order valence-corrected chi connectivity index (χ4v) is 1.37. The van der Waals surface area contributed by atoms with Gasteiger partial charge in [0.05, 0.1) is 0 Å². The molecule has 0 bridgehead atoms. The molecule has 2 nitrogen and oxygen atoms in total. The summed E-state index contributed by atoms with van der Waals surface area (Å²) in [5, 5.41) is 2.94. The van der Waals surface area contributed by atoms with Gasteiger partial charge < -0.3 is 5.32 Å². The number of hydrogen-bond donors (Lipinski definition) is 1. The van der Waals surface area contributed by atoms with E-state index < -0.39 is 0 Å². The molecule has 0 heterocycles. The van der Waals surface area contributed by atoms with Crippen LogP contribution < -0.4 is 5.32 Å². The minimum Gasteiger partial charge on any atom is -0.352 e. The van der Waals surface area contributed by atoms with Crippen LogP contribution >= 0.6 is 0 Å². The molecule has 1 aromatic rings. The highest BCUT2D eigenvalue weighted by molar-refractivity contribution is 5.78. The normalized spacial score (nSPS) is 12.2. The number of carbonyl (C=O) groups excluding carboxylic acids is 1. The van der Waals surface area contributed by atoms with E-state index >= 15 is 0 Å². The summed E-state index contributed by atoms with van der Waals surface area (Å²) < 4.78 is 0. The van der Waals surface area contributed by atoms with Crippen molar-refractivity contribution in [3.8, 4) is 0 Å². The van der Waals surface area contributed by atoms with Gasteiger partial charge in [-0.1, -0.05) is 43.7 Å². The van der Waals surface area contributed by atoms with E-state index in [1.54, 1.807) is 0 Å². The first-order chi connectivity index (χ1) is 7.13. The minimum absolute atomic E-state index is 0.106. The Morgan fingerprint density at radius 2 is 2.20 bits per heavy atom. The first kappa shape index (κ1) is 11.8. The molecule has 0 aliphatic rings. The fraction of sp³-hybridized carbons (Fsp3) is 0.462. The van der Waals surface area contributed by atoms with Gasteiger partial charge in [0.2, 0.25) is 5.91 Å². The minimum atomic E-state index is 0.106. The number of rotatable bonds is 4. The number of benzene rings is 1. The second kappa shape index (κ2) is 5.54. The molecule has 2 heteroatoms. The van der Waals surface area contributed by atoms with Crippen LogP contribution in [-0.2, 0) is 11.3 Å². The summed E-state index contributed by atoms with van der Waals surface area (Å²) in [6.07, 6.45) is 0.889. The summed E-state index contributed by atoms with van der Waals surface area (Å²) in [7, 11) is 0. The molecule has 0 saturated heterocycles. The molecule has 0 fully saturated rings. The molecule has 1 aromatic carbocycles. The van der Waals surface area contributed by atoms with E-state index in [-0.39, 0.29) is 11.8 Å². The van der Waals surface area contributed by atoms with Gasteiger partial charge in [0.1, 0.15) is 0 Å². The Balaban J connectivity index is 2.47. The number of aryl methyl sites for hydroxylation is 1. The lowest BCUT2D eigenvalue weighted by Crippen LogP contribution is -2.28. The second-order valence-electron chi connectivity index (χ2n) is 4.02. The average Bonchev–Trinajstić information content (AvgIpc) is 2.25. The molecule has 0 radical (unpaired) electrons. The molecule has 0 aromatic heterocycles. The topological polar surface area (TPSA) is 29.1 Å². The van der Waals surface area contributed by atoms with Crippen molar-refractivity contribution in [1.29, 1.82) is 0 Å². The van der Waals surface area contributed by atoms with Crippen LogP contribution in [0.2, 0.25) is 0 Å². The first-order valence-electron chi connectivity index (χ1n) is 5.46. The van der Waals surface area contributed by atoms with Crippen LogP contribution in [0, 0.1) is 12.8 Å². The van der Waals surface area contributed by atoms with E-state index in [1.165, 1.54) is 5.56 Å². The quantitative estimate of drug-likeness (QED) is 0.804. The number of hydrogen-bond acceptors (Lipinski definition) is 1. The lowest BCUT2D eigenvalue weighted by atomic mass is 10.1. The number of amides is 1. The third-order valence-electron chi connectivity index (χ3n) is 2.61. The highest BCUT2D eigenvalue weighted by atomic mass is 16.1. The summed E-state index contributed by atoms with van der Waals surface area (Å²) in [6.45, 7) is 6.66. The predicted octanol–water partition coefficient (Wildman–Crippen LogP) is 2.66. The maximum Gasteiger partial charge on any atom is 0.223 e. The maximum absolute atomic E-state index is 11.5. The smallest absolute Gasteiger partial charge is 0.223 e. The summed E-state index contributed by atoms with van der Waals surface area (Å²) in [5.41, 5.74) is 2.39. The van der Waals surface area contributed by atoms with Gasteiger partial charge in [-0.2, -0.15) is 0 Å². The summed E-state index contributed by atoms with van der Waals surface area (Å²) in [6, 6.07) is 8.20. The van der Waals surface area contributed by atoms with Gasteiger partial charge in [-0.15, -0.1) is 0 Å². The number of carbonyl (C=O) groups is 1. The fourth-order valence-electron chi connectivity index (χ4n) is 1.37. The Labute approximate surface area is 91.7 Å². The molecule has 0 saturated carbocycles. The van der Waals surface area contributed by atoms with Crippen LogP contribution in [0.15, 0.2) is 24.3 Å². The lowest BCUT2D eigenvalue weighted by molar-refractivity contribution is -0.124. The Morgan fingerprint density at radius 1 is 1.47 bits per heavy atom.